The lowest BCUT2D eigenvalue weighted by molar-refractivity contribution is 0.197. The van der Waals surface area contributed by atoms with Crippen molar-refractivity contribution < 1.29 is 9.90 Å². The molecule has 0 atom stereocenters. The van der Waals surface area contributed by atoms with Crippen LogP contribution in [0.25, 0.3) is 10.9 Å². The lowest BCUT2D eigenvalue weighted by Gasteiger charge is -1.96. The third kappa shape index (κ3) is 1.49. The summed E-state index contributed by atoms with van der Waals surface area (Å²) in [5.74, 6) is 0. The molecule has 1 aromatic heterocycles. The Bertz CT molecular complexity index is 595. The van der Waals surface area contributed by atoms with Gasteiger partial charge in [0.05, 0.1) is 17.1 Å². The lowest BCUT2D eigenvalue weighted by Crippen LogP contribution is -2.05. The lowest BCUT2D eigenvalue weighted by atomic mass is 10.2. The molecule has 1 N–H and O–H groups in total. The first kappa shape index (κ1) is 9.74. The van der Waals surface area contributed by atoms with Crippen LogP contribution in [0.1, 0.15) is 5.56 Å². The molecule has 0 unspecified atom stereocenters. The number of fused-ring (bicyclic) bond motifs is 1. The number of hydrogen-bond acceptors (Lipinski definition) is 2. The van der Waals surface area contributed by atoms with E-state index in [-0.39, 0.29) is 0 Å². The molecule has 0 fully saturated rings. The smallest absolute Gasteiger partial charge is 0.416 e. The molecule has 0 amide bonds. The van der Waals surface area contributed by atoms with Crippen molar-refractivity contribution in [2.45, 2.75) is 0 Å². The highest BCUT2D eigenvalue weighted by Crippen LogP contribution is 2.26. The van der Waals surface area contributed by atoms with E-state index in [9.17, 15) is 4.79 Å². The van der Waals surface area contributed by atoms with Crippen LogP contribution in [0.15, 0.2) is 28.9 Å². The largest absolute Gasteiger partial charge is 0.464 e. The summed E-state index contributed by atoms with van der Waals surface area (Å²) >= 11 is 3.26. The van der Waals surface area contributed by atoms with Crippen molar-refractivity contribution in [3.05, 3.63) is 34.4 Å². The molecule has 0 aliphatic heterocycles. The highest BCUT2D eigenvalue weighted by Gasteiger charge is 2.11. The summed E-state index contributed by atoms with van der Waals surface area (Å²) in [7, 11) is 0. The van der Waals surface area contributed by atoms with Crippen molar-refractivity contribution in [1.82, 2.24) is 4.57 Å². The molecule has 0 saturated heterocycles. The summed E-state index contributed by atoms with van der Waals surface area (Å²) in [5, 5.41) is 18.3. The second-order valence-electron chi connectivity index (χ2n) is 2.97. The monoisotopic (exact) mass is 264 g/mol. The average molecular weight is 265 g/mol. The van der Waals surface area contributed by atoms with Gasteiger partial charge in [0.25, 0.3) is 0 Å². The maximum absolute atomic E-state index is 10.9. The van der Waals surface area contributed by atoms with Crippen LogP contribution >= 0.6 is 15.9 Å². The van der Waals surface area contributed by atoms with Crippen LogP contribution < -0.4 is 0 Å². The zero-order chi connectivity index (χ0) is 11.0. The molecule has 0 bridgehead atoms. The number of rotatable bonds is 0. The van der Waals surface area contributed by atoms with E-state index in [2.05, 4.69) is 15.9 Å². The molecule has 2 aromatic rings. The fourth-order valence-corrected chi connectivity index (χ4v) is 1.94. The van der Waals surface area contributed by atoms with Crippen LogP contribution in [-0.4, -0.2) is 15.8 Å². The summed E-state index contributed by atoms with van der Waals surface area (Å²) < 4.78 is 1.78. The van der Waals surface area contributed by atoms with Gasteiger partial charge in [0, 0.05) is 16.1 Å². The fourth-order valence-electron chi connectivity index (χ4n) is 1.42. The number of carboxylic acid groups (broad SMARTS) is 1. The van der Waals surface area contributed by atoms with Crippen LogP contribution in [-0.2, 0) is 0 Å². The minimum atomic E-state index is -1.05. The molecule has 0 aliphatic carbocycles. The Hall–Kier alpha value is -1.80. The van der Waals surface area contributed by atoms with Crippen LogP contribution in [0.3, 0.4) is 0 Å². The molecular formula is C10H5BrN2O2. The number of nitriles is 1. The normalized spacial score (nSPS) is 10.1. The average Bonchev–Trinajstić information content (AvgIpc) is 2.56. The number of carbonyl (C=O) groups is 1. The van der Waals surface area contributed by atoms with Crippen molar-refractivity contribution in [2.24, 2.45) is 0 Å². The second-order valence-corrected chi connectivity index (χ2v) is 3.83. The van der Waals surface area contributed by atoms with E-state index in [0.29, 0.717) is 15.6 Å². The first-order chi connectivity index (χ1) is 7.13. The number of nitrogens with zero attached hydrogens (tertiary/aromatic N) is 2. The molecule has 15 heavy (non-hydrogen) atoms. The van der Waals surface area contributed by atoms with Crippen molar-refractivity contribution in [3.8, 4) is 6.07 Å². The molecular weight excluding hydrogens is 260 g/mol. The van der Waals surface area contributed by atoms with Gasteiger partial charge in [-0.1, -0.05) is 0 Å². The number of hydrogen-bond donors (Lipinski definition) is 1. The topological polar surface area (TPSA) is 66.0 Å². The number of benzene rings is 1. The van der Waals surface area contributed by atoms with Gasteiger partial charge in [0.2, 0.25) is 0 Å². The van der Waals surface area contributed by atoms with E-state index >= 15 is 0 Å². The summed E-state index contributed by atoms with van der Waals surface area (Å²) in [6, 6.07) is 6.87. The molecule has 0 radical (unpaired) electrons. The molecule has 4 nitrogen and oxygen atoms in total. The van der Waals surface area contributed by atoms with E-state index in [4.69, 9.17) is 10.4 Å². The van der Waals surface area contributed by atoms with Crippen LogP contribution in [0.2, 0.25) is 0 Å². The molecule has 2 rings (SSSR count). The summed E-state index contributed by atoms with van der Waals surface area (Å²) in [6.07, 6.45) is 0.421. The van der Waals surface area contributed by atoms with Gasteiger partial charge < -0.3 is 5.11 Å². The highest BCUT2D eigenvalue weighted by molar-refractivity contribution is 9.10. The van der Waals surface area contributed by atoms with Crippen LogP contribution in [0, 0.1) is 11.3 Å². The Labute approximate surface area is 93.5 Å². The Morgan fingerprint density at radius 1 is 1.53 bits per heavy atom. The minimum Gasteiger partial charge on any atom is -0.464 e. The zero-order valence-electron chi connectivity index (χ0n) is 7.44. The van der Waals surface area contributed by atoms with Crippen molar-refractivity contribution in [3.63, 3.8) is 0 Å². The number of halogens is 1. The highest BCUT2D eigenvalue weighted by atomic mass is 79.9. The summed E-state index contributed by atoms with van der Waals surface area (Å²) in [5.41, 5.74) is 1.07. The maximum atomic E-state index is 10.9. The first-order valence-electron chi connectivity index (χ1n) is 4.07. The van der Waals surface area contributed by atoms with E-state index < -0.39 is 6.09 Å². The van der Waals surface area contributed by atoms with Gasteiger partial charge in [0.1, 0.15) is 0 Å². The molecule has 1 aromatic carbocycles. The van der Waals surface area contributed by atoms with Crippen LogP contribution in [0.5, 0.6) is 0 Å². The first-order valence-corrected chi connectivity index (χ1v) is 4.87. The SMILES string of the molecule is N#Cc1ccc2c(c1)c(Br)cn2C(=O)O. The molecule has 1 heterocycles. The third-order valence-electron chi connectivity index (χ3n) is 2.09. The van der Waals surface area contributed by atoms with Crippen molar-refractivity contribution >= 4 is 32.9 Å². The summed E-state index contributed by atoms with van der Waals surface area (Å²) in [6.45, 7) is 0. The Balaban J connectivity index is 2.82. The molecule has 0 aliphatic rings. The van der Waals surface area contributed by atoms with Gasteiger partial charge in [-0.25, -0.2) is 4.79 Å². The minimum absolute atomic E-state index is 0.506. The third-order valence-corrected chi connectivity index (χ3v) is 2.72. The number of aromatic nitrogens is 1. The fraction of sp³-hybridized carbons (Fsp3) is 0. The van der Waals surface area contributed by atoms with Gasteiger partial charge >= 0.3 is 6.09 Å². The zero-order valence-corrected chi connectivity index (χ0v) is 9.02. The maximum Gasteiger partial charge on any atom is 0.416 e. The van der Waals surface area contributed by atoms with Gasteiger partial charge in [-0.15, -0.1) is 0 Å². The van der Waals surface area contributed by atoms with Gasteiger partial charge in [-0.05, 0) is 34.1 Å². The van der Waals surface area contributed by atoms with E-state index in [1.54, 1.807) is 18.2 Å². The van der Waals surface area contributed by atoms with E-state index in [1.165, 1.54) is 6.20 Å². The molecule has 5 heteroatoms. The quantitative estimate of drug-likeness (QED) is 0.796. The van der Waals surface area contributed by atoms with E-state index in [1.807, 2.05) is 6.07 Å². The molecule has 0 saturated carbocycles. The standard InChI is InChI=1S/C10H5BrN2O2/c11-8-5-13(10(14)15)9-2-1-6(4-12)3-7(8)9/h1-3,5H,(H,14,15). The predicted octanol–water partition coefficient (Wildman–Crippen LogP) is 2.80. The van der Waals surface area contributed by atoms with Gasteiger partial charge in [-0.3, -0.25) is 4.57 Å². The second kappa shape index (κ2) is 3.41. The molecule has 0 spiro atoms. The van der Waals surface area contributed by atoms with Crippen molar-refractivity contribution in [2.75, 3.05) is 0 Å². The predicted molar refractivity (Wildman–Crippen MR) is 57.8 cm³/mol. The van der Waals surface area contributed by atoms with Gasteiger partial charge in [-0.2, -0.15) is 5.26 Å². The Morgan fingerprint density at radius 3 is 2.87 bits per heavy atom. The van der Waals surface area contributed by atoms with E-state index in [0.717, 1.165) is 9.95 Å². The van der Waals surface area contributed by atoms with Crippen LogP contribution in [0.4, 0.5) is 4.79 Å². The Kier molecular flexibility index (Phi) is 2.21. The van der Waals surface area contributed by atoms with Gasteiger partial charge in [0.15, 0.2) is 0 Å². The van der Waals surface area contributed by atoms with Crippen molar-refractivity contribution in [1.29, 1.82) is 5.26 Å². The Morgan fingerprint density at radius 2 is 2.27 bits per heavy atom. The summed E-state index contributed by atoms with van der Waals surface area (Å²) in [4.78, 5) is 10.9. The molecule has 74 valence electrons.